The molecular formula is C23H26N4O2. The number of benzene rings is 2. The van der Waals surface area contributed by atoms with E-state index in [-0.39, 0.29) is 18.4 Å². The minimum absolute atomic E-state index is 0.0580. The molecular weight excluding hydrogens is 364 g/mol. The Labute approximate surface area is 171 Å². The van der Waals surface area contributed by atoms with Crippen molar-refractivity contribution in [3.63, 3.8) is 0 Å². The Morgan fingerprint density at radius 2 is 1.72 bits per heavy atom. The second-order valence-corrected chi connectivity index (χ2v) is 7.32. The van der Waals surface area contributed by atoms with Gasteiger partial charge < -0.3 is 14.7 Å². The monoisotopic (exact) mass is 390 g/mol. The Kier molecular flexibility index (Phi) is 6.18. The van der Waals surface area contributed by atoms with E-state index >= 15 is 0 Å². The number of nitrogens with zero attached hydrogens (tertiary/aromatic N) is 4. The second kappa shape index (κ2) is 8.78. The number of carbonyl (C=O) groups is 2. The molecule has 0 unspecified atom stereocenters. The van der Waals surface area contributed by atoms with Crippen molar-refractivity contribution in [3.05, 3.63) is 59.2 Å². The molecule has 0 saturated carbocycles. The highest BCUT2D eigenvalue weighted by atomic mass is 16.2. The van der Waals surface area contributed by atoms with Crippen molar-refractivity contribution >= 4 is 23.2 Å². The third-order valence-corrected chi connectivity index (χ3v) is 5.54. The Bertz CT molecular complexity index is 956. The van der Waals surface area contributed by atoms with Gasteiger partial charge in [0.05, 0.1) is 11.3 Å². The van der Waals surface area contributed by atoms with E-state index in [0.29, 0.717) is 24.3 Å². The molecule has 1 aliphatic heterocycles. The molecule has 1 aliphatic rings. The molecule has 0 aromatic heterocycles. The van der Waals surface area contributed by atoms with E-state index in [2.05, 4.69) is 43.0 Å². The van der Waals surface area contributed by atoms with Gasteiger partial charge in [0.15, 0.2) is 0 Å². The molecule has 150 valence electrons. The van der Waals surface area contributed by atoms with E-state index in [0.717, 1.165) is 13.1 Å². The maximum absolute atomic E-state index is 12.9. The molecule has 1 saturated heterocycles. The Hall–Kier alpha value is -3.33. The van der Waals surface area contributed by atoms with Gasteiger partial charge in [-0.3, -0.25) is 9.59 Å². The molecule has 0 bridgehead atoms. The lowest BCUT2D eigenvalue weighted by molar-refractivity contribution is -0.131. The van der Waals surface area contributed by atoms with Crippen LogP contribution < -0.4 is 9.80 Å². The largest absolute Gasteiger partial charge is 0.368 e. The van der Waals surface area contributed by atoms with Crippen LogP contribution in [0.5, 0.6) is 0 Å². The van der Waals surface area contributed by atoms with Crippen LogP contribution in [0.2, 0.25) is 0 Å². The number of piperazine rings is 1. The lowest BCUT2D eigenvalue weighted by Crippen LogP contribution is -2.52. The van der Waals surface area contributed by atoms with Crippen LogP contribution in [0.4, 0.5) is 11.4 Å². The van der Waals surface area contributed by atoms with E-state index in [1.54, 1.807) is 29.2 Å². The fraction of sp³-hybridized carbons (Fsp3) is 0.348. The van der Waals surface area contributed by atoms with Gasteiger partial charge in [-0.15, -0.1) is 0 Å². The quantitative estimate of drug-likeness (QED) is 0.805. The number of hydrogen-bond acceptors (Lipinski definition) is 4. The summed E-state index contributed by atoms with van der Waals surface area (Å²) in [6.45, 7) is 8.32. The number of para-hydroxylation sites is 1. The van der Waals surface area contributed by atoms with E-state index in [4.69, 9.17) is 0 Å². The van der Waals surface area contributed by atoms with Crippen molar-refractivity contribution in [1.82, 2.24) is 4.90 Å². The number of aryl methyl sites for hydroxylation is 1. The predicted molar refractivity (Wildman–Crippen MR) is 114 cm³/mol. The van der Waals surface area contributed by atoms with Gasteiger partial charge in [-0.2, -0.15) is 5.26 Å². The van der Waals surface area contributed by atoms with Crippen LogP contribution in [-0.4, -0.2) is 49.4 Å². The van der Waals surface area contributed by atoms with E-state index in [1.807, 2.05) is 0 Å². The number of amides is 2. The summed E-state index contributed by atoms with van der Waals surface area (Å²) in [6.07, 6.45) is 0. The van der Waals surface area contributed by atoms with E-state index in [9.17, 15) is 14.9 Å². The number of nitriles is 1. The first-order chi connectivity index (χ1) is 13.9. The van der Waals surface area contributed by atoms with Crippen molar-refractivity contribution < 1.29 is 9.59 Å². The standard InChI is InChI=1S/C23H26N4O2/c1-17-7-6-10-21(18(17)2)25-11-13-26(14-12-25)23(29)16-27(19(3)28)22-9-5-4-8-20(22)15-24/h4-10H,11-14,16H2,1-3H3. The Morgan fingerprint density at radius 1 is 1.03 bits per heavy atom. The molecule has 1 heterocycles. The fourth-order valence-electron chi connectivity index (χ4n) is 3.68. The van der Waals surface area contributed by atoms with Crippen molar-refractivity contribution in [3.8, 4) is 6.07 Å². The zero-order chi connectivity index (χ0) is 21.0. The van der Waals surface area contributed by atoms with Gasteiger partial charge in [0.2, 0.25) is 11.8 Å². The zero-order valence-electron chi connectivity index (χ0n) is 17.2. The van der Waals surface area contributed by atoms with Gasteiger partial charge in [0.1, 0.15) is 12.6 Å². The van der Waals surface area contributed by atoms with Gasteiger partial charge in [-0.25, -0.2) is 0 Å². The highest BCUT2D eigenvalue weighted by molar-refractivity contribution is 5.98. The molecule has 3 rings (SSSR count). The van der Waals surface area contributed by atoms with Crippen LogP contribution in [0.1, 0.15) is 23.6 Å². The number of carbonyl (C=O) groups excluding carboxylic acids is 2. The lowest BCUT2D eigenvalue weighted by atomic mass is 10.1. The molecule has 0 aliphatic carbocycles. The Balaban J connectivity index is 1.68. The normalized spacial score (nSPS) is 13.7. The van der Waals surface area contributed by atoms with Crippen molar-refractivity contribution in [1.29, 1.82) is 5.26 Å². The summed E-state index contributed by atoms with van der Waals surface area (Å²) in [5, 5.41) is 9.32. The summed E-state index contributed by atoms with van der Waals surface area (Å²) >= 11 is 0. The van der Waals surface area contributed by atoms with Gasteiger partial charge >= 0.3 is 0 Å². The van der Waals surface area contributed by atoms with Crippen molar-refractivity contribution in [2.45, 2.75) is 20.8 Å². The summed E-state index contributed by atoms with van der Waals surface area (Å²) in [5.74, 6) is -0.358. The molecule has 2 aromatic carbocycles. The fourth-order valence-corrected chi connectivity index (χ4v) is 3.68. The minimum Gasteiger partial charge on any atom is -0.368 e. The Morgan fingerprint density at radius 3 is 2.38 bits per heavy atom. The summed E-state index contributed by atoms with van der Waals surface area (Å²) in [4.78, 5) is 30.5. The smallest absolute Gasteiger partial charge is 0.242 e. The summed E-state index contributed by atoms with van der Waals surface area (Å²) in [6, 6.07) is 15.2. The molecule has 0 radical (unpaired) electrons. The molecule has 1 fully saturated rings. The molecule has 0 N–H and O–H groups in total. The highest BCUT2D eigenvalue weighted by Gasteiger charge is 2.26. The molecule has 2 amide bonds. The van der Waals surface area contributed by atoms with Gasteiger partial charge in [-0.1, -0.05) is 24.3 Å². The van der Waals surface area contributed by atoms with Crippen molar-refractivity contribution in [2.24, 2.45) is 0 Å². The summed E-state index contributed by atoms with van der Waals surface area (Å²) in [7, 11) is 0. The molecule has 6 heteroatoms. The van der Waals surface area contributed by atoms with E-state index in [1.165, 1.54) is 28.6 Å². The maximum Gasteiger partial charge on any atom is 0.242 e. The molecule has 6 nitrogen and oxygen atoms in total. The van der Waals surface area contributed by atoms with Crippen LogP contribution in [0, 0.1) is 25.2 Å². The lowest BCUT2D eigenvalue weighted by Gasteiger charge is -2.37. The summed E-state index contributed by atoms with van der Waals surface area (Å²) in [5.41, 5.74) is 4.60. The van der Waals surface area contributed by atoms with Gasteiger partial charge in [0.25, 0.3) is 0 Å². The summed E-state index contributed by atoms with van der Waals surface area (Å²) < 4.78 is 0. The van der Waals surface area contributed by atoms with Crippen LogP contribution >= 0.6 is 0 Å². The third kappa shape index (κ3) is 4.40. The number of rotatable bonds is 4. The molecule has 29 heavy (non-hydrogen) atoms. The van der Waals surface area contributed by atoms with Crippen LogP contribution in [0.15, 0.2) is 42.5 Å². The zero-order valence-corrected chi connectivity index (χ0v) is 17.2. The first-order valence-electron chi connectivity index (χ1n) is 9.78. The molecule has 0 spiro atoms. The van der Waals surface area contributed by atoms with E-state index < -0.39 is 0 Å². The topological polar surface area (TPSA) is 67.7 Å². The number of anilines is 2. The first kappa shape index (κ1) is 20.4. The van der Waals surface area contributed by atoms with Crippen LogP contribution in [-0.2, 0) is 9.59 Å². The first-order valence-corrected chi connectivity index (χ1v) is 9.78. The van der Waals surface area contributed by atoms with Crippen molar-refractivity contribution in [2.75, 3.05) is 42.5 Å². The SMILES string of the molecule is CC(=O)N(CC(=O)N1CCN(c2cccc(C)c2C)CC1)c1ccccc1C#N. The third-order valence-electron chi connectivity index (χ3n) is 5.54. The average Bonchev–Trinajstić information content (AvgIpc) is 2.73. The van der Waals surface area contributed by atoms with Gasteiger partial charge in [-0.05, 0) is 43.2 Å². The van der Waals surface area contributed by atoms with Crippen LogP contribution in [0.25, 0.3) is 0 Å². The maximum atomic E-state index is 12.9. The van der Waals surface area contributed by atoms with Crippen LogP contribution in [0.3, 0.4) is 0 Å². The molecule has 2 aromatic rings. The highest BCUT2D eigenvalue weighted by Crippen LogP contribution is 2.24. The number of hydrogen-bond donors (Lipinski definition) is 0. The predicted octanol–water partition coefficient (Wildman–Crippen LogP) is 2.88. The van der Waals surface area contributed by atoms with Gasteiger partial charge in [0, 0.05) is 38.8 Å². The second-order valence-electron chi connectivity index (χ2n) is 7.32. The average molecular weight is 390 g/mol. The minimum atomic E-state index is -0.255. The molecule has 0 atom stereocenters.